The van der Waals surface area contributed by atoms with E-state index in [4.69, 9.17) is 0 Å². The summed E-state index contributed by atoms with van der Waals surface area (Å²) in [6, 6.07) is 9.24. The molecule has 0 aromatic heterocycles. The Morgan fingerprint density at radius 3 is 1.91 bits per heavy atom. The lowest BCUT2D eigenvalue weighted by molar-refractivity contribution is 0.557. The van der Waals surface area contributed by atoms with Gasteiger partial charge in [-0.1, -0.05) is 77.6 Å². The van der Waals surface area contributed by atoms with E-state index in [1.807, 2.05) is 0 Å². The number of thioether (sulfide) groups is 1. The molecule has 0 aliphatic heterocycles. The van der Waals surface area contributed by atoms with Crippen LogP contribution < -0.4 is 0 Å². The van der Waals surface area contributed by atoms with Crippen molar-refractivity contribution >= 4 is 11.8 Å². The Labute approximate surface area is 149 Å². The van der Waals surface area contributed by atoms with Crippen LogP contribution in [-0.4, -0.2) is 11.0 Å². The molecule has 0 atom stereocenters. The summed E-state index contributed by atoms with van der Waals surface area (Å²) in [5, 5.41) is 0.874. The van der Waals surface area contributed by atoms with Crippen molar-refractivity contribution in [1.82, 2.24) is 0 Å². The van der Waals surface area contributed by atoms with Crippen LogP contribution in [0.2, 0.25) is 0 Å². The molecule has 0 aliphatic rings. The highest BCUT2D eigenvalue weighted by atomic mass is 32.2. The van der Waals surface area contributed by atoms with Crippen LogP contribution in [0.1, 0.15) is 96.1 Å². The topological polar surface area (TPSA) is 0 Å². The first-order valence-corrected chi connectivity index (χ1v) is 11.0. The Kier molecular flexibility index (Phi) is 11.6. The van der Waals surface area contributed by atoms with Crippen LogP contribution in [-0.2, 0) is 6.42 Å². The maximum Gasteiger partial charge on any atom is 0.00469 e. The molecule has 0 spiro atoms. The van der Waals surface area contributed by atoms with E-state index in [9.17, 15) is 0 Å². The molecule has 0 fully saturated rings. The Bertz CT molecular complexity index is 387. The Morgan fingerprint density at radius 2 is 1.35 bits per heavy atom. The van der Waals surface area contributed by atoms with Gasteiger partial charge in [-0.15, -0.1) is 0 Å². The highest BCUT2D eigenvalue weighted by molar-refractivity contribution is 7.99. The molecular formula is C22H38S. The summed E-state index contributed by atoms with van der Waals surface area (Å²) < 4.78 is 0. The molecular weight excluding hydrogens is 296 g/mol. The van der Waals surface area contributed by atoms with Gasteiger partial charge in [0.15, 0.2) is 0 Å². The van der Waals surface area contributed by atoms with Gasteiger partial charge < -0.3 is 0 Å². The lowest BCUT2D eigenvalue weighted by Gasteiger charge is -2.20. The van der Waals surface area contributed by atoms with Crippen molar-refractivity contribution < 1.29 is 0 Å². The SMILES string of the molecule is CCCC(CCC)SCCc1ccccc1C(CCC)CCC. The molecule has 132 valence electrons. The van der Waals surface area contributed by atoms with Gasteiger partial charge >= 0.3 is 0 Å². The maximum atomic E-state index is 2.39. The largest absolute Gasteiger partial charge is 0.158 e. The van der Waals surface area contributed by atoms with Crippen LogP contribution in [0, 0.1) is 0 Å². The van der Waals surface area contributed by atoms with E-state index in [1.165, 1.54) is 63.5 Å². The third-order valence-electron chi connectivity index (χ3n) is 4.72. The molecule has 0 aliphatic carbocycles. The molecule has 0 saturated heterocycles. The number of benzene rings is 1. The van der Waals surface area contributed by atoms with Gasteiger partial charge in [0, 0.05) is 5.25 Å². The highest BCUT2D eigenvalue weighted by Gasteiger charge is 2.14. The molecule has 1 heteroatoms. The average molecular weight is 335 g/mol. The van der Waals surface area contributed by atoms with Crippen molar-refractivity contribution in [3.8, 4) is 0 Å². The molecule has 0 unspecified atom stereocenters. The van der Waals surface area contributed by atoms with Gasteiger partial charge in [-0.3, -0.25) is 0 Å². The fourth-order valence-electron chi connectivity index (χ4n) is 3.60. The molecule has 0 amide bonds. The second-order valence-electron chi connectivity index (χ2n) is 6.79. The second kappa shape index (κ2) is 12.9. The molecule has 0 nitrogen and oxygen atoms in total. The Balaban J connectivity index is 2.65. The summed E-state index contributed by atoms with van der Waals surface area (Å²) in [4.78, 5) is 0. The summed E-state index contributed by atoms with van der Waals surface area (Å²) >= 11 is 2.21. The summed E-state index contributed by atoms with van der Waals surface area (Å²) in [7, 11) is 0. The van der Waals surface area contributed by atoms with Gasteiger partial charge in [0.2, 0.25) is 0 Å². The Morgan fingerprint density at radius 1 is 0.783 bits per heavy atom. The predicted octanol–water partition coefficient (Wildman–Crippen LogP) is 7.61. The molecule has 0 saturated carbocycles. The lowest BCUT2D eigenvalue weighted by atomic mass is 9.86. The zero-order valence-electron chi connectivity index (χ0n) is 15.9. The van der Waals surface area contributed by atoms with Crippen LogP contribution in [0.25, 0.3) is 0 Å². The number of aryl methyl sites for hydroxylation is 1. The maximum absolute atomic E-state index is 2.39. The van der Waals surface area contributed by atoms with E-state index >= 15 is 0 Å². The van der Waals surface area contributed by atoms with E-state index in [0.29, 0.717) is 0 Å². The fraction of sp³-hybridized carbons (Fsp3) is 0.727. The first-order valence-electron chi connectivity index (χ1n) is 9.96. The zero-order chi connectivity index (χ0) is 16.9. The van der Waals surface area contributed by atoms with Crippen molar-refractivity contribution in [2.24, 2.45) is 0 Å². The molecule has 1 aromatic carbocycles. The molecule has 1 rings (SSSR count). The second-order valence-corrected chi connectivity index (χ2v) is 8.20. The molecule has 1 aromatic rings. The number of hydrogen-bond acceptors (Lipinski definition) is 1. The first-order chi connectivity index (χ1) is 11.3. The minimum Gasteiger partial charge on any atom is -0.158 e. The van der Waals surface area contributed by atoms with Crippen molar-refractivity contribution in [1.29, 1.82) is 0 Å². The van der Waals surface area contributed by atoms with Crippen molar-refractivity contribution in [2.75, 3.05) is 5.75 Å². The van der Waals surface area contributed by atoms with Crippen LogP contribution in [0.5, 0.6) is 0 Å². The van der Waals surface area contributed by atoms with E-state index in [1.54, 1.807) is 11.1 Å². The third-order valence-corrected chi connectivity index (χ3v) is 6.10. The van der Waals surface area contributed by atoms with Gasteiger partial charge in [-0.05, 0) is 54.9 Å². The molecule has 0 heterocycles. The molecule has 0 bridgehead atoms. The van der Waals surface area contributed by atoms with Gasteiger partial charge in [0.25, 0.3) is 0 Å². The summed E-state index contributed by atoms with van der Waals surface area (Å²) in [6.07, 6.45) is 11.9. The van der Waals surface area contributed by atoms with Crippen molar-refractivity contribution in [3.63, 3.8) is 0 Å². The van der Waals surface area contributed by atoms with Crippen LogP contribution >= 0.6 is 11.8 Å². The number of hydrogen-bond donors (Lipinski definition) is 0. The van der Waals surface area contributed by atoms with E-state index in [2.05, 4.69) is 63.7 Å². The summed E-state index contributed by atoms with van der Waals surface area (Å²) in [6.45, 7) is 9.28. The highest BCUT2D eigenvalue weighted by Crippen LogP contribution is 2.30. The minimum absolute atomic E-state index is 0.772. The smallest absolute Gasteiger partial charge is 0.00469 e. The number of rotatable bonds is 13. The standard InChI is InChI=1S/C22H38S/c1-5-11-19(12-6-2)22-16-10-9-15-20(22)17-18-23-21(13-7-3)14-8-4/h9-10,15-16,19,21H,5-8,11-14,17-18H2,1-4H3. The Hall–Kier alpha value is -0.430. The van der Waals surface area contributed by atoms with Gasteiger partial charge in [-0.25, -0.2) is 0 Å². The zero-order valence-corrected chi connectivity index (χ0v) is 16.8. The van der Waals surface area contributed by atoms with Crippen molar-refractivity contribution in [2.45, 2.75) is 96.7 Å². The predicted molar refractivity (Wildman–Crippen MR) is 109 cm³/mol. The lowest BCUT2D eigenvalue weighted by Crippen LogP contribution is -2.07. The van der Waals surface area contributed by atoms with Crippen LogP contribution in [0.3, 0.4) is 0 Å². The third kappa shape index (κ3) is 7.79. The average Bonchev–Trinajstić information content (AvgIpc) is 2.55. The van der Waals surface area contributed by atoms with Gasteiger partial charge in [0.05, 0.1) is 0 Å². The normalized spacial score (nSPS) is 11.6. The van der Waals surface area contributed by atoms with Gasteiger partial charge in [0.1, 0.15) is 0 Å². The first kappa shape index (κ1) is 20.6. The van der Waals surface area contributed by atoms with E-state index in [-0.39, 0.29) is 0 Å². The van der Waals surface area contributed by atoms with Crippen molar-refractivity contribution in [3.05, 3.63) is 35.4 Å². The van der Waals surface area contributed by atoms with Crippen LogP contribution in [0.15, 0.2) is 24.3 Å². The summed E-state index contributed by atoms with van der Waals surface area (Å²) in [5.41, 5.74) is 3.25. The van der Waals surface area contributed by atoms with E-state index in [0.717, 1.165) is 11.2 Å². The molecule has 23 heavy (non-hydrogen) atoms. The minimum atomic E-state index is 0.772. The fourth-order valence-corrected chi connectivity index (χ4v) is 5.08. The molecule has 0 radical (unpaired) electrons. The quantitative estimate of drug-likeness (QED) is 0.357. The summed E-state index contributed by atoms with van der Waals surface area (Å²) in [5.74, 6) is 2.06. The van der Waals surface area contributed by atoms with Gasteiger partial charge in [-0.2, -0.15) is 11.8 Å². The van der Waals surface area contributed by atoms with Crippen LogP contribution in [0.4, 0.5) is 0 Å². The monoisotopic (exact) mass is 334 g/mol. The molecule has 0 N–H and O–H groups in total. The van der Waals surface area contributed by atoms with E-state index < -0.39 is 0 Å².